The van der Waals surface area contributed by atoms with E-state index in [2.05, 4.69) is 15.4 Å². The summed E-state index contributed by atoms with van der Waals surface area (Å²) < 4.78 is 0. The lowest BCUT2D eigenvalue weighted by atomic mass is 10.1. The summed E-state index contributed by atoms with van der Waals surface area (Å²) in [5.74, 6) is 1.37. The lowest BCUT2D eigenvalue weighted by Gasteiger charge is -2.06. The van der Waals surface area contributed by atoms with E-state index in [0.29, 0.717) is 12.5 Å². The van der Waals surface area contributed by atoms with Crippen LogP contribution in [0.15, 0.2) is 10.4 Å². The average molecular weight is 223 g/mol. The first kappa shape index (κ1) is 10.6. The fraction of sp³-hybridized carbons (Fsp3) is 0.636. The maximum absolute atomic E-state index is 5.96. The topological polar surface area (TPSA) is 51.3 Å². The van der Waals surface area contributed by atoms with Gasteiger partial charge in [0.25, 0.3) is 0 Å². The van der Waals surface area contributed by atoms with Gasteiger partial charge in [0.05, 0.1) is 12.4 Å². The number of hydrogen-bond donors (Lipinski definition) is 1. The Morgan fingerprint density at radius 2 is 2.33 bits per heavy atom. The van der Waals surface area contributed by atoms with Gasteiger partial charge >= 0.3 is 0 Å². The summed E-state index contributed by atoms with van der Waals surface area (Å²) in [5, 5.41) is 3.12. The summed E-state index contributed by atoms with van der Waals surface area (Å²) in [6, 6.07) is 0. The summed E-state index contributed by atoms with van der Waals surface area (Å²) in [4.78, 5) is 8.80. The first-order valence-electron chi connectivity index (χ1n) is 5.46. The summed E-state index contributed by atoms with van der Waals surface area (Å²) in [7, 11) is 0. The summed E-state index contributed by atoms with van der Waals surface area (Å²) in [6.45, 7) is 2.66. The average Bonchev–Trinajstić information content (AvgIpc) is 2.84. The molecule has 0 radical (unpaired) electrons. The minimum atomic E-state index is 0.533. The Labute approximate surface area is 94.4 Å². The first-order valence-corrected chi connectivity index (χ1v) is 6.34. The molecule has 15 heavy (non-hydrogen) atoms. The molecule has 4 heteroatoms. The molecule has 0 unspecified atom stereocenters. The van der Waals surface area contributed by atoms with Gasteiger partial charge in [0.2, 0.25) is 0 Å². The molecule has 1 aliphatic rings. The molecule has 1 aliphatic carbocycles. The number of hydrogen-bond acceptors (Lipinski definition) is 3. The molecular weight excluding hydrogens is 206 g/mol. The van der Waals surface area contributed by atoms with E-state index >= 15 is 0 Å². The molecule has 1 aromatic heterocycles. The van der Waals surface area contributed by atoms with Crippen LogP contribution in [0.25, 0.3) is 0 Å². The molecule has 2 rings (SSSR count). The van der Waals surface area contributed by atoms with Crippen LogP contribution in [-0.4, -0.2) is 10.8 Å². The van der Waals surface area contributed by atoms with E-state index in [1.165, 1.54) is 25.7 Å². The maximum atomic E-state index is 5.96. The highest BCUT2D eigenvalue weighted by atomic mass is 32.1. The highest BCUT2D eigenvalue weighted by Crippen LogP contribution is 2.24. The molecule has 82 valence electrons. The first-order chi connectivity index (χ1) is 7.25. The summed E-state index contributed by atoms with van der Waals surface area (Å²) >= 11 is 1.66. The van der Waals surface area contributed by atoms with E-state index in [4.69, 9.17) is 5.73 Å². The van der Waals surface area contributed by atoms with Crippen LogP contribution in [0.1, 0.15) is 36.4 Å². The van der Waals surface area contributed by atoms with Gasteiger partial charge in [-0.05, 0) is 19.8 Å². The molecular formula is C11H17N3S. The van der Waals surface area contributed by atoms with Gasteiger partial charge in [0.1, 0.15) is 5.01 Å². The number of aryl methyl sites for hydroxylation is 1. The quantitative estimate of drug-likeness (QED) is 0.632. The molecule has 0 aromatic carbocycles. The molecule has 1 heterocycles. The van der Waals surface area contributed by atoms with Crippen molar-refractivity contribution in [2.45, 2.75) is 39.2 Å². The Kier molecular flexibility index (Phi) is 3.36. The predicted octanol–water partition coefficient (Wildman–Crippen LogP) is 2.50. The highest BCUT2D eigenvalue weighted by molar-refractivity contribution is 7.09. The van der Waals surface area contributed by atoms with E-state index in [1.807, 2.05) is 6.92 Å². The molecule has 3 nitrogen and oxygen atoms in total. The molecule has 0 spiro atoms. The second-order valence-corrected chi connectivity index (χ2v) is 5.05. The summed E-state index contributed by atoms with van der Waals surface area (Å²) in [5.41, 5.74) is 7.03. The lowest BCUT2D eigenvalue weighted by molar-refractivity contribution is 0.715. The second kappa shape index (κ2) is 4.75. The minimum absolute atomic E-state index is 0.533. The van der Waals surface area contributed by atoms with Crippen molar-refractivity contribution in [1.82, 2.24) is 4.98 Å². The van der Waals surface area contributed by atoms with Crippen LogP contribution in [0, 0.1) is 12.8 Å². The van der Waals surface area contributed by atoms with Crippen LogP contribution in [0.2, 0.25) is 0 Å². The van der Waals surface area contributed by atoms with Crippen LogP contribution in [0.4, 0.5) is 0 Å². The van der Waals surface area contributed by atoms with Gasteiger partial charge in [-0.25, -0.2) is 4.98 Å². The Morgan fingerprint density at radius 3 is 2.93 bits per heavy atom. The number of nitrogens with two attached hydrogens (primary N) is 1. The monoisotopic (exact) mass is 223 g/mol. The van der Waals surface area contributed by atoms with Crippen molar-refractivity contribution >= 4 is 17.2 Å². The molecule has 1 saturated carbocycles. The third-order valence-electron chi connectivity index (χ3n) is 2.84. The van der Waals surface area contributed by atoms with E-state index in [0.717, 1.165) is 16.5 Å². The normalized spacial score (nSPS) is 18.6. The van der Waals surface area contributed by atoms with Gasteiger partial charge in [-0.3, -0.25) is 4.99 Å². The van der Waals surface area contributed by atoms with Crippen molar-refractivity contribution in [3.05, 3.63) is 16.1 Å². The van der Waals surface area contributed by atoms with Crippen molar-refractivity contribution in [2.24, 2.45) is 16.6 Å². The lowest BCUT2D eigenvalue weighted by Crippen LogP contribution is -2.21. The SMILES string of the molecule is Cc1csc(CN=C(N)C2CCCC2)n1. The molecule has 0 atom stereocenters. The summed E-state index contributed by atoms with van der Waals surface area (Å²) in [6.07, 6.45) is 5.03. The molecule has 0 saturated heterocycles. The van der Waals surface area contributed by atoms with Gasteiger partial charge in [0, 0.05) is 17.0 Å². The molecule has 2 N–H and O–H groups in total. The third kappa shape index (κ3) is 2.78. The Bertz CT molecular complexity index is 350. The van der Waals surface area contributed by atoms with Crippen LogP contribution >= 0.6 is 11.3 Å². The third-order valence-corrected chi connectivity index (χ3v) is 3.79. The molecule has 1 fully saturated rings. The van der Waals surface area contributed by atoms with Crippen molar-refractivity contribution in [3.63, 3.8) is 0 Å². The zero-order valence-electron chi connectivity index (χ0n) is 9.07. The van der Waals surface area contributed by atoms with E-state index in [9.17, 15) is 0 Å². The zero-order chi connectivity index (χ0) is 10.7. The van der Waals surface area contributed by atoms with Gasteiger partial charge in [-0.2, -0.15) is 0 Å². The molecule has 0 aliphatic heterocycles. The highest BCUT2D eigenvalue weighted by Gasteiger charge is 2.18. The Balaban J connectivity index is 1.92. The molecule has 0 amide bonds. The number of aliphatic imine (C=N–C) groups is 1. The number of amidine groups is 1. The van der Waals surface area contributed by atoms with Crippen molar-refractivity contribution in [2.75, 3.05) is 0 Å². The van der Waals surface area contributed by atoms with Crippen molar-refractivity contribution in [3.8, 4) is 0 Å². The maximum Gasteiger partial charge on any atom is 0.114 e. The van der Waals surface area contributed by atoms with E-state index in [1.54, 1.807) is 11.3 Å². The fourth-order valence-electron chi connectivity index (χ4n) is 1.98. The van der Waals surface area contributed by atoms with Crippen LogP contribution in [0.5, 0.6) is 0 Å². The van der Waals surface area contributed by atoms with Gasteiger partial charge < -0.3 is 5.73 Å². The van der Waals surface area contributed by atoms with Crippen LogP contribution in [-0.2, 0) is 6.54 Å². The van der Waals surface area contributed by atoms with Gasteiger partial charge in [0.15, 0.2) is 0 Å². The number of aromatic nitrogens is 1. The number of thiazole rings is 1. The van der Waals surface area contributed by atoms with E-state index < -0.39 is 0 Å². The van der Waals surface area contributed by atoms with Gasteiger partial charge in [-0.1, -0.05) is 12.8 Å². The predicted molar refractivity (Wildman–Crippen MR) is 64.1 cm³/mol. The number of nitrogens with zero attached hydrogens (tertiary/aromatic N) is 2. The minimum Gasteiger partial charge on any atom is -0.387 e. The fourth-order valence-corrected chi connectivity index (χ4v) is 2.68. The zero-order valence-corrected chi connectivity index (χ0v) is 9.89. The molecule has 0 bridgehead atoms. The largest absolute Gasteiger partial charge is 0.387 e. The van der Waals surface area contributed by atoms with Gasteiger partial charge in [-0.15, -0.1) is 11.3 Å². The molecule has 1 aromatic rings. The smallest absolute Gasteiger partial charge is 0.114 e. The van der Waals surface area contributed by atoms with Crippen LogP contribution in [0.3, 0.4) is 0 Å². The second-order valence-electron chi connectivity index (χ2n) is 4.11. The van der Waals surface area contributed by atoms with Crippen molar-refractivity contribution in [1.29, 1.82) is 0 Å². The van der Waals surface area contributed by atoms with Crippen molar-refractivity contribution < 1.29 is 0 Å². The Morgan fingerprint density at radius 1 is 1.60 bits per heavy atom. The van der Waals surface area contributed by atoms with Crippen LogP contribution < -0.4 is 5.73 Å². The Hall–Kier alpha value is -0.900. The van der Waals surface area contributed by atoms with E-state index in [-0.39, 0.29) is 0 Å². The number of rotatable bonds is 3. The standard InChI is InChI=1S/C11H17N3S/c1-8-7-15-10(14-8)6-13-11(12)9-4-2-3-5-9/h7,9H,2-6H2,1H3,(H2,12,13).